The monoisotopic (exact) mass is 245 g/mol. The van der Waals surface area contributed by atoms with Gasteiger partial charge in [-0.1, -0.05) is 0 Å². The fraction of sp³-hybridized carbons (Fsp3) is 0.571. The molecule has 1 aromatic heterocycles. The summed E-state index contributed by atoms with van der Waals surface area (Å²) < 4.78 is 2.39. The molecule has 5 nitrogen and oxygen atoms in total. The van der Waals surface area contributed by atoms with E-state index in [1.54, 1.807) is 0 Å². The number of nitrogens with zero attached hydrogens (tertiary/aromatic N) is 3. The second-order valence-corrected chi connectivity index (χ2v) is 3.83. The average Bonchev–Trinajstić information content (AvgIpc) is 2.29. The maximum absolute atomic E-state index is 10.4. The molecule has 0 amide bonds. The van der Waals surface area contributed by atoms with Crippen LogP contribution in [0.3, 0.4) is 0 Å². The van der Waals surface area contributed by atoms with Gasteiger partial charge in [-0.25, -0.2) is 0 Å². The van der Waals surface area contributed by atoms with Crippen molar-refractivity contribution in [3.63, 3.8) is 0 Å². The normalized spacial score (nSPS) is 17.0. The van der Waals surface area contributed by atoms with Crippen LogP contribution in [0.25, 0.3) is 0 Å². The first kappa shape index (κ1) is 8.68. The molecule has 1 saturated carbocycles. The van der Waals surface area contributed by atoms with Crippen LogP contribution in [0.1, 0.15) is 25.3 Å². The molecule has 13 heavy (non-hydrogen) atoms. The SMILES string of the molecule is O=[N+]([O-])c1cn(C2CCC2)c(Br)n1. The lowest BCUT2D eigenvalue weighted by Crippen LogP contribution is -2.16. The topological polar surface area (TPSA) is 61.0 Å². The second-order valence-electron chi connectivity index (χ2n) is 3.12. The molecule has 70 valence electrons. The van der Waals surface area contributed by atoms with Gasteiger partial charge >= 0.3 is 5.82 Å². The lowest BCUT2D eigenvalue weighted by molar-refractivity contribution is -0.389. The Morgan fingerprint density at radius 3 is 2.77 bits per heavy atom. The summed E-state index contributed by atoms with van der Waals surface area (Å²) in [7, 11) is 0. The summed E-state index contributed by atoms with van der Waals surface area (Å²) in [4.78, 5) is 13.7. The summed E-state index contributed by atoms with van der Waals surface area (Å²) >= 11 is 3.21. The number of hydrogen-bond donors (Lipinski definition) is 0. The highest BCUT2D eigenvalue weighted by molar-refractivity contribution is 9.10. The highest BCUT2D eigenvalue weighted by atomic mass is 79.9. The van der Waals surface area contributed by atoms with Crippen LogP contribution < -0.4 is 0 Å². The molecule has 1 aliphatic carbocycles. The zero-order valence-corrected chi connectivity index (χ0v) is 8.40. The van der Waals surface area contributed by atoms with Gasteiger partial charge in [0.15, 0.2) is 0 Å². The van der Waals surface area contributed by atoms with Crippen LogP contribution in [0.2, 0.25) is 0 Å². The van der Waals surface area contributed by atoms with Crippen LogP contribution in [0.5, 0.6) is 0 Å². The fourth-order valence-corrected chi connectivity index (χ4v) is 1.94. The number of aromatic nitrogens is 2. The molecule has 0 aromatic carbocycles. The quantitative estimate of drug-likeness (QED) is 0.594. The van der Waals surface area contributed by atoms with Gasteiger partial charge < -0.3 is 10.1 Å². The van der Waals surface area contributed by atoms with Crippen LogP contribution in [0.15, 0.2) is 10.9 Å². The predicted molar refractivity (Wildman–Crippen MR) is 49.5 cm³/mol. The van der Waals surface area contributed by atoms with Crippen LogP contribution in [0, 0.1) is 10.1 Å². The van der Waals surface area contributed by atoms with Crippen molar-refractivity contribution in [2.24, 2.45) is 0 Å². The molecule has 0 N–H and O–H groups in total. The summed E-state index contributed by atoms with van der Waals surface area (Å²) in [6.45, 7) is 0. The van der Waals surface area contributed by atoms with Crippen molar-refractivity contribution in [1.29, 1.82) is 0 Å². The molecule has 0 aliphatic heterocycles. The Labute approximate surface area is 83.0 Å². The molecule has 0 bridgehead atoms. The lowest BCUT2D eigenvalue weighted by Gasteiger charge is -2.25. The van der Waals surface area contributed by atoms with Gasteiger partial charge in [-0.15, -0.1) is 0 Å². The Morgan fingerprint density at radius 1 is 1.69 bits per heavy atom. The molecule has 0 radical (unpaired) electrons. The molecule has 0 unspecified atom stereocenters. The first-order chi connectivity index (χ1) is 6.18. The van der Waals surface area contributed by atoms with Gasteiger partial charge in [-0.05, 0) is 29.2 Å². The number of nitro groups is 1. The Morgan fingerprint density at radius 2 is 2.38 bits per heavy atom. The molecular weight excluding hydrogens is 238 g/mol. The molecule has 1 aliphatic rings. The van der Waals surface area contributed by atoms with E-state index in [1.165, 1.54) is 12.6 Å². The minimum absolute atomic E-state index is 0.0845. The van der Waals surface area contributed by atoms with Gasteiger partial charge in [0.25, 0.3) is 4.73 Å². The minimum atomic E-state index is -0.472. The Kier molecular flexibility index (Phi) is 2.07. The van der Waals surface area contributed by atoms with Gasteiger partial charge in [-0.3, -0.25) is 4.57 Å². The minimum Gasteiger partial charge on any atom is -0.358 e. The summed E-state index contributed by atoms with van der Waals surface area (Å²) in [5.74, 6) is -0.0845. The smallest absolute Gasteiger partial charge is 0.358 e. The van der Waals surface area contributed by atoms with E-state index in [0.717, 1.165) is 12.8 Å². The third-order valence-electron chi connectivity index (χ3n) is 2.33. The van der Waals surface area contributed by atoms with Crippen molar-refractivity contribution in [3.05, 3.63) is 21.0 Å². The standard InChI is InChI=1S/C7H8BrN3O2/c8-7-9-6(11(12)13)4-10(7)5-2-1-3-5/h4-5H,1-3H2. The van der Waals surface area contributed by atoms with Crippen LogP contribution in [-0.4, -0.2) is 14.5 Å². The third-order valence-corrected chi connectivity index (χ3v) is 2.92. The second kappa shape index (κ2) is 3.10. The van der Waals surface area contributed by atoms with Crippen LogP contribution in [0.4, 0.5) is 5.82 Å². The van der Waals surface area contributed by atoms with E-state index in [4.69, 9.17) is 0 Å². The Bertz CT molecular complexity index is 346. The van der Waals surface area contributed by atoms with E-state index in [-0.39, 0.29) is 5.82 Å². The van der Waals surface area contributed by atoms with Gasteiger partial charge in [0, 0.05) is 22.0 Å². The molecule has 1 heterocycles. The van der Waals surface area contributed by atoms with Crippen LogP contribution >= 0.6 is 15.9 Å². The van der Waals surface area contributed by atoms with Gasteiger partial charge in [0.2, 0.25) is 0 Å². The fourth-order valence-electron chi connectivity index (χ4n) is 1.37. The number of rotatable bonds is 2. The van der Waals surface area contributed by atoms with E-state index in [2.05, 4.69) is 20.9 Å². The zero-order chi connectivity index (χ0) is 9.42. The largest absolute Gasteiger partial charge is 0.382 e. The summed E-state index contributed by atoms with van der Waals surface area (Å²) in [5, 5.41) is 10.4. The molecule has 2 rings (SSSR count). The van der Waals surface area contributed by atoms with Crippen molar-refractivity contribution in [3.8, 4) is 0 Å². The average molecular weight is 246 g/mol. The Hall–Kier alpha value is -0.910. The van der Waals surface area contributed by atoms with Crippen molar-refractivity contribution in [1.82, 2.24) is 9.55 Å². The third kappa shape index (κ3) is 1.46. The van der Waals surface area contributed by atoms with Crippen molar-refractivity contribution in [2.45, 2.75) is 25.3 Å². The van der Waals surface area contributed by atoms with E-state index in [9.17, 15) is 10.1 Å². The maximum atomic E-state index is 10.4. The summed E-state index contributed by atoms with van der Waals surface area (Å²) in [6.07, 6.45) is 4.87. The lowest BCUT2D eigenvalue weighted by atomic mass is 9.93. The zero-order valence-electron chi connectivity index (χ0n) is 6.81. The number of halogens is 1. The number of hydrogen-bond acceptors (Lipinski definition) is 3. The molecular formula is C7H8BrN3O2. The maximum Gasteiger partial charge on any atom is 0.382 e. The van der Waals surface area contributed by atoms with Gasteiger partial charge in [0.05, 0.1) is 0 Å². The Balaban J connectivity index is 2.29. The van der Waals surface area contributed by atoms with Crippen molar-refractivity contribution in [2.75, 3.05) is 0 Å². The highest BCUT2D eigenvalue weighted by Gasteiger charge is 2.26. The predicted octanol–water partition coefficient (Wildman–Crippen LogP) is 2.28. The number of imidazole rings is 1. The first-order valence-corrected chi connectivity index (χ1v) is 4.86. The van der Waals surface area contributed by atoms with E-state index < -0.39 is 4.92 Å². The molecule has 1 aromatic rings. The molecule has 0 saturated heterocycles. The van der Waals surface area contributed by atoms with Crippen LogP contribution in [-0.2, 0) is 0 Å². The summed E-state index contributed by atoms with van der Waals surface area (Å²) in [5.41, 5.74) is 0. The molecule has 0 spiro atoms. The van der Waals surface area contributed by atoms with E-state index >= 15 is 0 Å². The van der Waals surface area contributed by atoms with E-state index in [0.29, 0.717) is 10.8 Å². The summed E-state index contributed by atoms with van der Waals surface area (Å²) in [6, 6.07) is 0.399. The van der Waals surface area contributed by atoms with Crippen molar-refractivity contribution < 1.29 is 4.92 Å². The van der Waals surface area contributed by atoms with Gasteiger partial charge in [0.1, 0.15) is 6.20 Å². The molecule has 1 fully saturated rings. The van der Waals surface area contributed by atoms with E-state index in [1.807, 2.05) is 4.57 Å². The first-order valence-electron chi connectivity index (χ1n) is 4.07. The van der Waals surface area contributed by atoms with Gasteiger partial charge in [-0.2, -0.15) is 0 Å². The molecule has 0 atom stereocenters. The molecule has 6 heteroatoms. The van der Waals surface area contributed by atoms with Crippen molar-refractivity contribution >= 4 is 21.7 Å². The highest BCUT2D eigenvalue weighted by Crippen LogP contribution is 2.34.